The molecule has 0 radical (unpaired) electrons. The number of rotatable bonds is 3. The fourth-order valence-electron chi connectivity index (χ4n) is 4.84. The van der Waals surface area contributed by atoms with Gasteiger partial charge in [-0.2, -0.15) is 0 Å². The predicted molar refractivity (Wildman–Crippen MR) is 173 cm³/mol. The molecule has 0 aromatic heterocycles. The number of benzene rings is 8. The van der Waals surface area contributed by atoms with Gasteiger partial charge in [0, 0.05) is 0 Å². The molecule has 0 N–H and O–H groups in total. The van der Waals surface area contributed by atoms with Gasteiger partial charge in [-0.15, -0.1) is 0 Å². The lowest BCUT2D eigenvalue weighted by molar-refractivity contribution is 1.61. The first kappa shape index (κ1) is 8.65. The Labute approximate surface area is 270 Å². The van der Waals surface area contributed by atoms with Crippen molar-refractivity contribution in [1.82, 2.24) is 0 Å². The van der Waals surface area contributed by atoms with Crippen LogP contribution < -0.4 is 0 Å². The van der Waals surface area contributed by atoms with Crippen LogP contribution >= 0.6 is 0 Å². The lowest BCUT2D eigenvalue weighted by Gasteiger charge is -2.21. The van der Waals surface area contributed by atoms with Gasteiger partial charge in [-0.3, -0.25) is 0 Å². The van der Waals surface area contributed by atoms with Crippen LogP contribution in [0.4, 0.5) is 0 Å². The van der Waals surface area contributed by atoms with Gasteiger partial charge in [-0.05, 0) is 82.5 Å². The molecule has 0 nitrogen and oxygen atoms in total. The van der Waals surface area contributed by atoms with Crippen LogP contribution in [0.3, 0.4) is 0 Å². The minimum atomic E-state index is -1.06. The normalized spacial score (nSPS) is 20.6. The Kier molecular flexibility index (Phi) is 1.99. The molecule has 0 aliphatic rings. The highest BCUT2D eigenvalue weighted by atomic mass is 14.2. The largest absolute Gasteiger partial charge is 0.0636 e. The molecule has 0 spiro atoms. The molecule has 0 heteroatoms. The lowest BCUT2D eigenvalue weighted by atomic mass is 9.82. The molecule has 0 atom stereocenters. The maximum Gasteiger partial charge on any atom is 0.0636 e. The predicted octanol–water partition coefficient (Wildman–Crippen LogP) is 11.3. The van der Waals surface area contributed by atoms with Crippen LogP contribution in [0.2, 0.25) is 0 Å². The first-order chi connectivity index (χ1) is 30.7. The standard InChI is InChI=1S/C40H26/c1-2-14-27(15-3-1)29-17-6-9-21-33(29)39-34-22-10-12-24-36(34)40(37-25-13-11-23-35(37)39)38-26-28-16-4-5-18-30(28)31-19-7-8-20-32(31)38/h1-26H/i1D,2D,3D,4D,5D,6D,7D,8D,9D,10D,11D,12D,13D,14D,15D,16D,17D,18D,19D,20D,21D,22D,23D,24D,25D,26D. The van der Waals surface area contributed by atoms with E-state index in [1.165, 1.54) is 0 Å². The molecular weight excluding hydrogens is 480 g/mol. The van der Waals surface area contributed by atoms with Gasteiger partial charge in [0.2, 0.25) is 0 Å². The third-order valence-corrected chi connectivity index (χ3v) is 6.44. The minimum absolute atomic E-state index is 0.547. The Morgan fingerprint density at radius 2 is 0.725 bits per heavy atom. The molecule has 0 aliphatic heterocycles. The molecule has 8 aromatic carbocycles. The summed E-state index contributed by atoms with van der Waals surface area (Å²) in [5, 5.41) is -5.56. The third-order valence-electron chi connectivity index (χ3n) is 6.44. The highest BCUT2D eigenvalue weighted by Crippen LogP contribution is 2.47. The Hall–Kier alpha value is -5.20. The van der Waals surface area contributed by atoms with E-state index in [2.05, 4.69) is 0 Å². The molecule has 0 amide bonds. The van der Waals surface area contributed by atoms with E-state index < -0.39 is 234 Å². The summed E-state index contributed by atoms with van der Waals surface area (Å²) in [5.74, 6) is 0. The molecule has 0 unspecified atom stereocenters. The minimum Gasteiger partial charge on any atom is -0.0622 e. The van der Waals surface area contributed by atoms with Crippen LogP contribution in [0, 0.1) is 0 Å². The Morgan fingerprint density at radius 3 is 1.35 bits per heavy atom. The zero-order valence-corrected chi connectivity index (χ0v) is 20.0. The Morgan fingerprint density at radius 1 is 0.300 bits per heavy atom. The maximum absolute atomic E-state index is 9.75. The molecule has 8 aromatic rings. The van der Waals surface area contributed by atoms with Gasteiger partial charge in [0.25, 0.3) is 0 Å². The van der Waals surface area contributed by atoms with Gasteiger partial charge >= 0.3 is 0 Å². The Balaban J connectivity index is 1.85. The summed E-state index contributed by atoms with van der Waals surface area (Å²) in [4.78, 5) is 0. The highest BCUT2D eigenvalue weighted by Gasteiger charge is 2.20. The first-order valence-electron chi connectivity index (χ1n) is 24.8. The second-order valence-corrected chi connectivity index (χ2v) is 8.50. The third kappa shape index (κ3) is 3.47. The fraction of sp³-hybridized carbons (Fsp3) is 0. The van der Waals surface area contributed by atoms with Crippen molar-refractivity contribution in [2.75, 3.05) is 0 Å². The van der Waals surface area contributed by atoms with E-state index in [9.17, 15) is 9.60 Å². The zero-order chi connectivity index (χ0) is 49.1. The monoisotopic (exact) mass is 532 g/mol. The van der Waals surface area contributed by atoms with E-state index in [-0.39, 0.29) is 0 Å². The fourth-order valence-corrected chi connectivity index (χ4v) is 4.84. The van der Waals surface area contributed by atoms with Crippen molar-refractivity contribution in [3.05, 3.63) is 157 Å². The van der Waals surface area contributed by atoms with E-state index >= 15 is 0 Å². The average Bonchev–Trinajstić information content (AvgIpc) is 3.29. The van der Waals surface area contributed by atoms with Crippen LogP contribution in [0.25, 0.3) is 76.5 Å². The van der Waals surface area contributed by atoms with Crippen molar-refractivity contribution in [2.45, 2.75) is 0 Å². The van der Waals surface area contributed by atoms with Crippen molar-refractivity contribution in [2.24, 2.45) is 0 Å². The van der Waals surface area contributed by atoms with Crippen molar-refractivity contribution in [1.29, 1.82) is 0 Å². The molecule has 186 valence electrons. The van der Waals surface area contributed by atoms with E-state index in [0.29, 0.717) is 0 Å². The summed E-state index contributed by atoms with van der Waals surface area (Å²) in [7, 11) is 0. The van der Waals surface area contributed by atoms with E-state index in [1.54, 1.807) is 0 Å². The van der Waals surface area contributed by atoms with E-state index in [4.69, 9.17) is 26.0 Å². The Bertz CT molecular complexity index is 3540. The summed E-state index contributed by atoms with van der Waals surface area (Å²) in [6, 6.07) is -25.1. The van der Waals surface area contributed by atoms with Crippen molar-refractivity contribution >= 4 is 43.1 Å². The maximum atomic E-state index is 9.75. The molecule has 0 saturated carbocycles. The first-order valence-corrected chi connectivity index (χ1v) is 11.8. The molecule has 8 rings (SSSR count). The quantitative estimate of drug-likeness (QED) is 0.157. The molecule has 40 heavy (non-hydrogen) atoms. The van der Waals surface area contributed by atoms with Crippen LogP contribution in [-0.2, 0) is 0 Å². The molecule has 0 bridgehead atoms. The zero-order valence-electron chi connectivity index (χ0n) is 46.0. The summed E-state index contributed by atoms with van der Waals surface area (Å²) >= 11 is 0. The van der Waals surface area contributed by atoms with Crippen LogP contribution in [0.15, 0.2) is 157 Å². The molecular formula is C40H26. The number of hydrogen-bond acceptors (Lipinski definition) is 0. The average molecular weight is 533 g/mol. The summed E-state index contributed by atoms with van der Waals surface area (Å²) in [5.41, 5.74) is -4.77. The summed E-state index contributed by atoms with van der Waals surface area (Å²) < 4.78 is 232. The van der Waals surface area contributed by atoms with Gasteiger partial charge in [-0.1, -0.05) is 151 Å². The number of hydrogen-bond donors (Lipinski definition) is 0. The van der Waals surface area contributed by atoms with Crippen molar-refractivity contribution in [3.63, 3.8) is 0 Å². The topological polar surface area (TPSA) is 0 Å². The SMILES string of the molecule is [2H]c1c([2H])c([2H])c(-c2c([2H])c([2H])c([2H])c([2H])c2-c2c3c([2H])c([2H])c([2H])c([2H])c3c(-c3c([2H])c4c([2H])c([2H])c([2H])c([2H])c4c4c([2H])c([2H])c([2H])c([2H])c34)c3c([2H])c([2H])c([2H])c([2H])c23)c([2H])c1[2H]. The molecule has 0 fully saturated rings. The highest BCUT2D eigenvalue weighted by molar-refractivity contribution is 6.26. The van der Waals surface area contributed by atoms with E-state index in [0.717, 1.165) is 0 Å². The van der Waals surface area contributed by atoms with Gasteiger partial charge in [-0.25, -0.2) is 0 Å². The van der Waals surface area contributed by atoms with Crippen molar-refractivity contribution < 1.29 is 35.6 Å². The van der Waals surface area contributed by atoms with Crippen molar-refractivity contribution in [3.8, 4) is 33.4 Å². The van der Waals surface area contributed by atoms with Gasteiger partial charge < -0.3 is 0 Å². The number of fused-ring (bicyclic) bond motifs is 5. The second-order valence-electron chi connectivity index (χ2n) is 8.50. The van der Waals surface area contributed by atoms with Gasteiger partial charge in [0.1, 0.15) is 0 Å². The van der Waals surface area contributed by atoms with Gasteiger partial charge in [0.15, 0.2) is 0 Å². The van der Waals surface area contributed by atoms with Gasteiger partial charge in [0.05, 0.1) is 35.6 Å². The lowest BCUT2D eigenvalue weighted by Crippen LogP contribution is -1.93. The molecule has 0 aliphatic carbocycles. The van der Waals surface area contributed by atoms with Crippen LogP contribution in [0.5, 0.6) is 0 Å². The molecule has 0 saturated heterocycles. The summed E-state index contributed by atoms with van der Waals surface area (Å²) in [6.45, 7) is 0. The second kappa shape index (κ2) is 9.22. The van der Waals surface area contributed by atoms with Crippen LogP contribution in [0.1, 0.15) is 35.6 Å². The molecule has 0 heterocycles. The van der Waals surface area contributed by atoms with E-state index in [1.807, 2.05) is 0 Å². The smallest absolute Gasteiger partial charge is 0.0622 e. The summed E-state index contributed by atoms with van der Waals surface area (Å²) in [6.07, 6.45) is 0. The van der Waals surface area contributed by atoms with Crippen LogP contribution in [-0.4, -0.2) is 0 Å².